The number of piperidine rings is 1. The average Bonchev–Trinajstić information content (AvgIpc) is 2.78. The standard InChI is InChI=1S/C24H41N5O2/c1-4-13-26-23(30)19-29-15-11-21(12-16-29)28-24(25-6-3)27-14-10-20-8-7-9-22(18-20)31-17-5-2/h7-9,18,21H,4-6,10-17,19H2,1-3H3,(H,26,30)(H2,25,27,28). The summed E-state index contributed by atoms with van der Waals surface area (Å²) in [5, 5.41) is 9.89. The highest BCUT2D eigenvalue weighted by molar-refractivity contribution is 5.80. The Morgan fingerprint density at radius 1 is 1.16 bits per heavy atom. The Morgan fingerprint density at radius 3 is 2.68 bits per heavy atom. The van der Waals surface area contributed by atoms with Crippen molar-refractivity contribution in [1.29, 1.82) is 0 Å². The van der Waals surface area contributed by atoms with Gasteiger partial charge in [0.05, 0.1) is 13.2 Å². The van der Waals surface area contributed by atoms with Crippen molar-refractivity contribution in [3.8, 4) is 5.75 Å². The first-order valence-electron chi connectivity index (χ1n) is 11.9. The number of aliphatic imine (C=N–C) groups is 1. The first kappa shape index (κ1) is 25.0. The molecule has 1 aromatic rings. The monoisotopic (exact) mass is 431 g/mol. The van der Waals surface area contributed by atoms with Gasteiger partial charge >= 0.3 is 0 Å². The Labute approximate surface area is 188 Å². The number of guanidine groups is 1. The lowest BCUT2D eigenvalue weighted by Crippen LogP contribution is -2.50. The summed E-state index contributed by atoms with van der Waals surface area (Å²) < 4.78 is 5.72. The number of nitrogens with zero attached hydrogens (tertiary/aromatic N) is 2. The van der Waals surface area contributed by atoms with Crippen LogP contribution in [0.2, 0.25) is 0 Å². The molecule has 1 aromatic carbocycles. The molecule has 1 heterocycles. The predicted molar refractivity (Wildman–Crippen MR) is 128 cm³/mol. The van der Waals surface area contributed by atoms with Crippen LogP contribution in [-0.4, -0.2) is 68.7 Å². The van der Waals surface area contributed by atoms with Crippen molar-refractivity contribution in [2.75, 3.05) is 45.9 Å². The highest BCUT2D eigenvalue weighted by Crippen LogP contribution is 2.14. The molecule has 2 rings (SSSR count). The van der Waals surface area contributed by atoms with Gasteiger partial charge in [-0.2, -0.15) is 0 Å². The zero-order valence-corrected chi connectivity index (χ0v) is 19.6. The number of nitrogens with one attached hydrogen (secondary N) is 3. The summed E-state index contributed by atoms with van der Waals surface area (Å²) in [4.78, 5) is 18.9. The van der Waals surface area contributed by atoms with Gasteiger partial charge < -0.3 is 20.7 Å². The molecule has 0 saturated carbocycles. The molecule has 1 amide bonds. The first-order chi connectivity index (χ1) is 15.1. The Morgan fingerprint density at radius 2 is 1.97 bits per heavy atom. The number of amides is 1. The van der Waals surface area contributed by atoms with E-state index < -0.39 is 0 Å². The lowest BCUT2D eigenvalue weighted by molar-refractivity contribution is -0.122. The van der Waals surface area contributed by atoms with E-state index in [2.05, 4.69) is 53.8 Å². The highest BCUT2D eigenvalue weighted by Gasteiger charge is 2.21. The normalized spacial score (nSPS) is 15.5. The van der Waals surface area contributed by atoms with Crippen LogP contribution < -0.4 is 20.7 Å². The van der Waals surface area contributed by atoms with Crippen molar-refractivity contribution in [1.82, 2.24) is 20.9 Å². The van der Waals surface area contributed by atoms with Gasteiger partial charge in [0, 0.05) is 38.8 Å². The Kier molecular flexibility index (Phi) is 11.8. The lowest BCUT2D eigenvalue weighted by Gasteiger charge is -2.32. The van der Waals surface area contributed by atoms with Crippen LogP contribution in [0.4, 0.5) is 0 Å². The van der Waals surface area contributed by atoms with Crippen LogP contribution in [0.5, 0.6) is 5.75 Å². The smallest absolute Gasteiger partial charge is 0.234 e. The number of hydrogen-bond donors (Lipinski definition) is 3. The molecular formula is C24H41N5O2. The summed E-state index contributed by atoms with van der Waals surface area (Å²) >= 11 is 0. The minimum atomic E-state index is 0.132. The molecule has 0 spiro atoms. The van der Waals surface area contributed by atoms with Crippen molar-refractivity contribution in [2.24, 2.45) is 4.99 Å². The number of ether oxygens (including phenoxy) is 1. The molecule has 3 N–H and O–H groups in total. The topological polar surface area (TPSA) is 78.0 Å². The summed E-state index contributed by atoms with van der Waals surface area (Å²) in [5.74, 6) is 1.94. The van der Waals surface area contributed by atoms with E-state index in [0.29, 0.717) is 12.6 Å². The molecule has 31 heavy (non-hydrogen) atoms. The molecule has 1 saturated heterocycles. The van der Waals surface area contributed by atoms with Crippen LogP contribution in [0.25, 0.3) is 0 Å². The molecule has 0 unspecified atom stereocenters. The van der Waals surface area contributed by atoms with Gasteiger partial charge in [0.1, 0.15) is 5.75 Å². The summed E-state index contributed by atoms with van der Waals surface area (Å²) in [6, 6.07) is 8.68. The highest BCUT2D eigenvalue weighted by atomic mass is 16.5. The molecule has 1 aliphatic rings. The number of carbonyl (C=O) groups excluding carboxylic acids is 1. The maximum Gasteiger partial charge on any atom is 0.234 e. The van der Waals surface area contributed by atoms with E-state index in [1.165, 1.54) is 5.56 Å². The zero-order chi connectivity index (χ0) is 22.3. The van der Waals surface area contributed by atoms with Crippen molar-refractivity contribution in [2.45, 2.75) is 58.9 Å². The fraction of sp³-hybridized carbons (Fsp3) is 0.667. The molecule has 0 atom stereocenters. The molecule has 0 radical (unpaired) electrons. The van der Waals surface area contributed by atoms with Crippen molar-refractivity contribution >= 4 is 11.9 Å². The third-order valence-corrected chi connectivity index (χ3v) is 5.25. The van der Waals surface area contributed by atoms with Crippen molar-refractivity contribution in [3.05, 3.63) is 29.8 Å². The summed E-state index contributed by atoms with van der Waals surface area (Å²) in [6.45, 7) is 11.7. The van der Waals surface area contributed by atoms with Crippen LogP contribution in [0, 0.1) is 0 Å². The van der Waals surface area contributed by atoms with Gasteiger partial charge in [0.2, 0.25) is 5.91 Å². The molecule has 7 nitrogen and oxygen atoms in total. The third-order valence-electron chi connectivity index (χ3n) is 5.25. The van der Waals surface area contributed by atoms with E-state index in [1.807, 2.05) is 12.1 Å². The average molecular weight is 432 g/mol. The van der Waals surface area contributed by atoms with Gasteiger partial charge in [-0.3, -0.25) is 14.7 Å². The molecule has 174 valence electrons. The van der Waals surface area contributed by atoms with Crippen molar-refractivity contribution < 1.29 is 9.53 Å². The fourth-order valence-corrected chi connectivity index (χ4v) is 3.58. The van der Waals surface area contributed by atoms with Crippen LogP contribution in [0.3, 0.4) is 0 Å². The zero-order valence-electron chi connectivity index (χ0n) is 19.6. The molecule has 0 bridgehead atoms. The SMILES string of the molecule is CCCNC(=O)CN1CCC(NC(=NCCc2cccc(OCCC)c2)NCC)CC1. The van der Waals surface area contributed by atoms with Gasteiger partial charge in [-0.05, 0) is 56.7 Å². The van der Waals surface area contributed by atoms with Gasteiger partial charge in [-0.1, -0.05) is 26.0 Å². The molecular weight excluding hydrogens is 390 g/mol. The van der Waals surface area contributed by atoms with Gasteiger partial charge in [-0.15, -0.1) is 0 Å². The van der Waals surface area contributed by atoms with E-state index in [-0.39, 0.29) is 5.91 Å². The first-order valence-corrected chi connectivity index (χ1v) is 11.9. The van der Waals surface area contributed by atoms with E-state index in [4.69, 9.17) is 9.73 Å². The molecule has 0 aromatic heterocycles. The number of likely N-dealkylation sites (tertiary alicyclic amines) is 1. The second kappa shape index (κ2) is 14.7. The van der Waals surface area contributed by atoms with E-state index >= 15 is 0 Å². The molecule has 7 heteroatoms. The summed E-state index contributed by atoms with van der Waals surface area (Å²) in [7, 11) is 0. The lowest BCUT2D eigenvalue weighted by atomic mass is 10.1. The number of hydrogen-bond acceptors (Lipinski definition) is 4. The molecule has 1 fully saturated rings. The van der Waals surface area contributed by atoms with Gasteiger partial charge in [0.15, 0.2) is 5.96 Å². The minimum absolute atomic E-state index is 0.132. The quantitative estimate of drug-likeness (QED) is 0.350. The predicted octanol–water partition coefficient (Wildman–Crippen LogP) is 2.56. The van der Waals surface area contributed by atoms with E-state index in [1.54, 1.807) is 0 Å². The summed E-state index contributed by atoms with van der Waals surface area (Å²) in [5.41, 5.74) is 1.24. The van der Waals surface area contributed by atoms with Crippen LogP contribution in [0.15, 0.2) is 29.3 Å². The molecule has 0 aliphatic carbocycles. The second-order valence-corrected chi connectivity index (χ2v) is 8.05. The second-order valence-electron chi connectivity index (χ2n) is 8.05. The van der Waals surface area contributed by atoms with Crippen LogP contribution in [-0.2, 0) is 11.2 Å². The number of benzene rings is 1. The minimum Gasteiger partial charge on any atom is -0.494 e. The third kappa shape index (κ3) is 10.0. The maximum atomic E-state index is 11.9. The van der Waals surface area contributed by atoms with Gasteiger partial charge in [-0.25, -0.2) is 0 Å². The Bertz CT molecular complexity index is 672. The number of carbonyl (C=O) groups is 1. The van der Waals surface area contributed by atoms with Crippen LogP contribution >= 0.6 is 0 Å². The van der Waals surface area contributed by atoms with Crippen molar-refractivity contribution in [3.63, 3.8) is 0 Å². The van der Waals surface area contributed by atoms with E-state index in [0.717, 1.165) is 83.1 Å². The molecule has 1 aliphatic heterocycles. The van der Waals surface area contributed by atoms with Gasteiger partial charge in [0.25, 0.3) is 0 Å². The Hall–Kier alpha value is -2.28. The number of rotatable bonds is 12. The summed E-state index contributed by atoms with van der Waals surface area (Å²) in [6.07, 6.45) is 4.90. The Balaban J connectivity index is 1.77. The van der Waals surface area contributed by atoms with Crippen LogP contribution in [0.1, 0.15) is 52.0 Å². The van der Waals surface area contributed by atoms with E-state index in [9.17, 15) is 4.79 Å². The maximum absolute atomic E-state index is 11.9. The largest absolute Gasteiger partial charge is 0.494 e. The fourth-order valence-electron chi connectivity index (χ4n) is 3.58.